The molecule has 0 amide bonds. The monoisotopic (exact) mass is 269 g/mol. The number of rotatable bonds is 6. The molecule has 1 aliphatic heterocycles. The first-order valence-electron chi connectivity index (χ1n) is 6.98. The third-order valence-electron chi connectivity index (χ3n) is 3.85. The van der Waals surface area contributed by atoms with Crippen molar-refractivity contribution in [3.63, 3.8) is 0 Å². The molecule has 2 heterocycles. The van der Waals surface area contributed by atoms with Crippen LogP contribution in [0.25, 0.3) is 0 Å². The third kappa shape index (κ3) is 2.66. The Morgan fingerprint density at radius 2 is 2.05 bits per heavy atom. The maximum Gasteiger partial charge on any atom is 0.233 e. The molecule has 1 fully saturated rings. The van der Waals surface area contributed by atoms with Crippen molar-refractivity contribution in [2.75, 3.05) is 19.8 Å². The van der Waals surface area contributed by atoms with Crippen LogP contribution in [0.4, 0.5) is 0 Å². The highest BCUT2D eigenvalue weighted by atomic mass is 16.5. The summed E-state index contributed by atoms with van der Waals surface area (Å²) in [5.74, 6) is 1.17. The molecule has 0 bridgehead atoms. The molecule has 1 aromatic rings. The highest BCUT2D eigenvalue weighted by Gasteiger charge is 2.37. The van der Waals surface area contributed by atoms with Gasteiger partial charge in [0.2, 0.25) is 11.7 Å². The van der Waals surface area contributed by atoms with Crippen LogP contribution in [-0.4, -0.2) is 36.0 Å². The quantitative estimate of drug-likeness (QED) is 0.843. The van der Waals surface area contributed by atoms with Crippen molar-refractivity contribution in [2.45, 2.75) is 51.2 Å². The Bertz CT molecular complexity index is 404. The minimum atomic E-state index is -0.458. The van der Waals surface area contributed by atoms with E-state index in [2.05, 4.69) is 24.0 Å². The summed E-state index contributed by atoms with van der Waals surface area (Å²) in [5.41, 5.74) is 5.51. The molecular weight excluding hydrogens is 246 g/mol. The summed E-state index contributed by atoms with van der Waals surface area (Å²) in [6.45, 7) is 7.82. The Balaban J connectivity index is 2.23. The van der Waals surface area contributed by atoms with E-state index in [0.717, 1.165) is 12.8 Å². The molecule has 2 rings (SSSR count). The van der Waals surface area contributed by atoms with Gasteiger partial charge in [-0.2, -0.15) is 4.98 Å². The highest BCUT2D eigenvalue weighted by molar-refractivity contribution is 5.06. The first-order valence-corrected chi connectivity index (χ1v) is 6.98. The van der Waals surface area contributed by atoms with Crippen molar-refractivity contribution in [1.29, 1.82) is 0 Å². The summed E-state index contributed by atoms with van der Waals surface area (Å²) in [5, 5.41) is 4.11. The lowest BCUT2D eigenvalue weighted by Gasteiger charge is -2.27. The molecule has 0 saturated carbocycles. The zero-order valence-electron chi connectivity index (χ0n) is 11.9. The zero-order chi connectivity index (χ0) is 13.9. The molecule has 1 aliphatic rings. The molecule has 0 aliphatic carbocycles. The first-order chi connectivity index (χ1) is 9.16. The number of hydrogen-bond acceptors (Lipinski definition) is 6. The van der Waals surface area contributed by atoms with Crippen molar-refractivity contribution in [2.24, 2.45) is 5.73 Å². The zero-order valence-corrected chi connectivity index (χ0v) is 11.9. The van der Waals surface area contributed by atoms with Gasteiger partial charge in [-0.25, -0.2) is 0 Å². The molecule has 0 spiro atoms. The molecule has 0 radical (unpaired) electrons. The molecule has 108 valence electrons. The van der Waals surface area contributed by atoms with Gasteiger partial charge in [-0.15, -0.1) is 0 Å². The Morgan fingerprint density at radius 1 is 1.32 bits per heavy atom. The van der Waals surface area contributed by atoms with Gasteiger partial charge in [0.05, 0.1) is 19.1 Å². The minimum Gasteiger partial charge on any atom is -0.379 e. The molecule has 2 unspecified atom stereocenters. The van der Waals surface area contributed by atoms with Gasteiger partial charge < -0.3 is 19.7 Å². The Labute approximate surface area is 113 Å². The van der Waals surface area contributed by atoms with Crippen LogP contribution in [0.3, 0.4) is 0 Å². The topological polar surface area (TPSA) is 83.4 Å². The van der Waals surface area contributed by atoms with E-state index in [1.165, 1.54) is 0 Å². The summed E-state index contributed by atoms with van der Waals surface area (Å²) < 4.78 is 16.6. The molecule has 6 heteroatoms. The standard InChI is InChI=1S/C13H23N3O3/c1-4-13(5-2,18-6-3)12-15-11(19-16-12)9-7-17-8-10(9)14/h9-10H,4-8,14H2,1-3H3. The summed E-state index contributed by atoms with van der Waals surface area (Å²) in [4.78, 5) is 4.51. The van der Waals surface area contributed by atoms with Crippen molar-refractivity contribution in [3.8, 4) is 0 Å². The lowest BCUT2D eigenvalue weighted by molar-refractivity contribution is -0.0583. The fraction of sp³-hybridized carbons (Fsp3) is 0.846. The van der Waals surface area contributed by atoms with Crippen molar-refractivity contribution in [1.82, 2.24) is 10.1 Å². The number of nitrogens with zero attached hydrogens (tertiary/aromatic N) is 2. The van der Waals surface area contributed by atoms with E-state index in [1.54, 1.807) is 0 Å². The number of hydrogen-bond donors (Lipinski definition) is 1. The fourth-order valence-electron chi connectivity index (χ4n) is 2.51. The van der Waals surface area contributed by atoms with E-state index in [1.807, 2.05) is 6.92 Å². The molecule has 0 aromatic carbocycles. The summed E-state index contributed by atoms with van der Waals surface area (Å²) in [7, 11) is 0. The summed E-state index contributed by atoms with van der Waals surface area (Å²) in [6, 6.07) is -0.0713. The average Bonchev–Trinajstić information content (AvgIpc) is 3.04. The summed E-state index contributed by atoms with van der Waals surface area (Å²) >= 11 is 0. The second-order valence-electron chi connectivity index (χ2n) is 4.90. The summed E-state index contributed by atoms with van der Waals surface area (Å²) in [6.07, 6.45) is 1.62. The second kappa shape index (κ2) is 5.98. The van der Waals surface area contributed by atoms with Crippen LogP contribution in [-0.2, 0) is 15.1 Å². The van der Waals surface area contributed by atoms with Crippen molar-refractivity contribution < 1.29 is 14.0 Å². The van der Waals surface area contributed by atoms with Gasteiger partial charge in [0, 0.05) is 12.6 Å². The molecule has 1 aromatic heterocycles. The van der Waals surface area contributed by atoms with Crippen LogP contribution in [0.15, 0.2) is 4.52 Å². The molecule has 2 atom stereocenters. The van der Waals surface area contributed by atoms with Gasteiger partial charge in [-0.3, -0.25) is 0 Å². The van der Waals surface area contributed by atoms with E-state index < -0.39 is 5.60 Å². The predicted molar refractivity (Wildman–Crippen MR) is 69.7 cm³/mol. The van der Waals surface area contributed by atoms with Gasteiger partial charge >= 0.3 is 0 Å². The smallest absolute Gasteiger partial charge is 0.233 e. The van der Waals surface area contributed by atoms with Crippen LogP contribution < -0.4 is 5.73 Å². The van der Waals surface area contributed by atoms with Gasteiger partial charge in [0.25, 0.3) is 0 Å². The largest absolute Gasteiger partial charge is 0.379 e. The van der Waals surface area contributed by atoms with E-state index in [4.69, 9.17) is 19.7 Å². The van der Waals surface area contributed by atoms with Crippen LogP contribution in [0, 0.1) is 0 Å². The first kappa shape index (κ1) is 14.4. The van der Waals surface area contributed by atoms with E-state index >= 15 is 0 Å². The SMILES string of the molecule is CCOC(CC)(CC)c1noc(C2COCC2N)n1. The molecule has 6 nitrogen and oxygen atoms in total. The van der Waals surface area contributed by atoms with E-state index in [-0.39, 0.29) is 12.0 Å². The van der Waals surface area contributed by atoms with Crippen LogP contribution in [0.1, 0.15) is 51.2 Å². The maximum atomic E-state index is 5.97. The number of aromatic nitrogens is 2. The fourth-order valence-corrected chi connectivity index (χ4v) is 2.51. The van der Waals surface area contributed by atoms with Crippen molar-refractivity contribution in [3.05, 3.63) is 11.7 Å². The molecule has 19 heavy (non-hydrogen) atoms. The number of ether oxygens (including phenoxy) is 2. The predicted octanol–water partition coefficient (Wildman–Crippen LogP) is 1.56. The normalized spacial score (nSPS) is 24.0. The van der Waals surface area contributed by atoms with Crippen LogP contribution in [0.5, 0.6) is 0 Å². The Morgan fingerprint density at radius 3 is 2.58 bits per heavy atom. The third-order valence-corrected chi connectivity index (χ3v) is 3.85. The number of nitrogens with two attached hydrogens (primary N) is 1. The Hall–Kier alpha value is -0.980. The lowest BCUT2D eigenvalue weighted by Crippen LogP contribution is -2.30. The van der Waals surface area contributed by atoms with Gasteiger partial charge in [0.15, 0.2) is 0 Å². The highest BCUT2D eigenvalue weighted by Crippen LogP contribution is 2.32. The van der Waals surface area contributed by atoms with E-state index in [9.17, 15) is 0 Å². The molecular formula is C13H23N3O3. The molecule has 1 saturated heterocycles. The Kier molecular flexibility index (Phi) is 4.54. The van der Waals surface area contributed by atoms with Crippen molar-refractivity contribution >= 4 is 0 Å². The van der Waals surface area contributed by atoms with Crippen LogP contribution in [0.2, 0.25) is 0 Å². The maximum absolute atomic E-state index is 5.97. The van der Waals surface area contributed by atoms with Gasteiger partial charge in [0.1, 0.15) is 5.60 Å². The van der Waals surface area contributed by atoms with E-state index in [0.29, 0.717) is 31.5 Å². The molecule has 2 N–H and O–H groups in total. The lowest BCUT2D eigenvalue weighted by atomic mass is 9.96. The van der Waals surface area contributed by atoms with Gasteiger partial charge in [-0.05, 0) is 19.8 Å². The average molecular weight is 269 g/mol. The van der Waals surface area contributed by atoms with Crippen LogP contribution >= 0.6 is 0 Å². The second-order valence-corrected chi connectivity index (χ2v) is 4.90. The minimum absolute atomic E-state index is 0.00529. The van der Waals surface area contributed by atoms with Gasteiger partial charge in [-0.1, -0.05) is 19.0 Å².